The Morgan fingerprint density at radius 1 is 1.10 bits per heavy atom. The number of nitrogens with zero attached hydrogens (tertiary/aromatic N) is 2. The van der Waals surface area contributed by atoms with Gasteiger partial charge in [-0.3, -0.25) is 14.2 Å². The molecule has 6 nitrogen and oxygen atoms in total. The van der Waals surface area contributed by atoms with Crippen molar-refractivity contribution in [2.75, 3.05) is 0 Å². The lowest BCUT2D eigenvalue weighted by molar-refractivity contribution is -0.121. The normalized spacial score (nSPS) is 11.0. The molecule has 0 saturated carbocycles. The molecule has 0 atom stereocenters. The van der Waals surface area contributed by atoms with Gasteiger partial charge in [-0.2, -0.15) is 0 Å². The molecule has 0 radical (unpaired) electrons. The molecule has 1 N–H and O–H groups in total. The second kappa shape index (κ2) is 8.25. The van der Waals surface area contributed by atoms with Gasteiger partial charge < -0.3 is 5.32 Å². The maximum atomic E-state index is 13.1. The van der Waals surface area contributed by atoms with Crippen LogP contribution in [-0.2, 0) is 17.9 Å². The van der Waals surface area contributed by atoms with Crippen LogP contribution in [0.1, 0.15) is 5.56 Å². The Balaban J connectivity index is 1.69. The molecule has 0 bridgehead atoms. The molecule has 1 amide bonds. The van der Waals surface area contributed by atoms with E-state index < -0.39 is 17.2 Å². The van der Waals surface area contributed by atoms with Gasteiger partial charge in [0.2, 0.25) is 5.91 Å². The van der Waals surface area contributed by atoms with Crippen LogP contribution in [0.15, 0.2) is 69.6 Å². The Kier molecular flexibility index (Phi) is 5.52. The van der Waals surface area contributed by atoms with E-state index in [1.54, 1.807) is 41.8 Å². The molecule has 0 saturated heterocycles. The van der Waals surface area contributed by atoms with Crippen LogP contribution in [0.2, 0.25) is 5.02 Å². The molecule has 0 spiro atoms. The zero-order valence-corrected chi connectivity index (χ0v) is 17.0. The predicted octanol–water partition coefficient (Wildman–Crippen LogP) is 3.32. The summed E-state index contributed by atoms with van der Waals surface area (Å²) in [5, 5.41) is 4.79. The van der Waals surface area contributed by atoms with Gasteiger partial charge in [0.15, 0.2) is 0 Å². The first kappa shape index (κ1) is 20.1. The highest BCUT2D eigenvalue weighted by atomic mass is 35.5. The summed E-state index contributed by atoms with van der Waals surface area (Å²) in [5.74, 6) is -0.773. The highest BCUT2D eigenvalue weighted by molar-refractivity contribution is 7.17. The number of fused-ring (bicyclic) bond motifs is 1. The van der Waals surface area contributed by atoms with Crippen LogP contribution >= 0.6 is 22.9 Å². The summed E-state index contributed by atoms with van der Waals surface area (Å²) in [4.78, 5) is 38.5. The zero-order chi connectivity index (χ0) is 21.3. The third-order valence-corrected chi connectivity index (χ3v) is 5.65. The SMILES string of the molecule is O=C(Cn1c(=O)n(-c2cccc(Cl)c2)c(=O)c2sccc21)NCc1ccc(F)cc1. The molecular weight excluding hydrogens is 429 g/mol. The summed E-state index contributed by atoms with van der Waals surface area (Å²) in [6, 6.07) is 13.8. The molecular formula is C21H15ClFN3O3S. The largest absolute Gasteiger partial charge is 0.350 e. The van der Waals surface area contributed by atoms with Crippen LogP contribution in [0.3, 0.4) is 0 Å². The van der Waals surface area contributed by atoms with Crippen LogP contribution in [0.25, 0.3) is 15.9 Å². The van der Waals surface area contributed by atoms with Crippen molar-refractivity contribution in [2.24, 2.45) is 0 Å². The van der Waals surface area contributed by atoms with E-state index >= 15 is 0 Å². The summed E-state index contributed by atoms with van der Waals surface area (Å²) in [6.45, 7) is -0.0807. The number of halogens is 2. The average molecular weight is 444 g/mol. The van der Waals surface area contributed by atoms with E-state index in [9.17, 15) is 18.8 Å². The van der Waals surface area contributed by atoms with Crippen LogP contribution < -0.4 is 16.6 Å². The molecule has 2 aromatic heterocycles. The van der Waals surface area contributed by atoms with E-state index in [0.717, 1.165) is 10.1 Å². The van der Waals surface area contributed by atoms with Crippen molar-refractivity contribution in [2.45, 2.75) is 13.1 Å². The minimum absolute atomic E-state index is 0.189. The van der Waals surface area contributed by atoms with E-state index in [4.69, 9.17) is 11.6 Å². The van der Waals surface area contributed by atoms with Crippen LogP contribution in [-0.4, -0.2) is 15.0 Å². The van der Waals surface area contributed by atoms with Gasteiger partial charge in [-0.05, 0) is 47.3 Å². The van der Waals surface area contributed by atoms with E-state index in [1.807, 2.05) is 0 Å². The van der Waals surface area contributed by atoms with Crippen molar-refractivity contribution in [3.05, 3.63) is 97.2 Å². The lowest BCUT2D eigenvalue weighted by atomic mass is 10.2. The molecule has 4 aromatic rings. The quantitative estimate of drug-likeness (QED) is 0.514. The Morgan fingerprint density at radius 3 is 2.60 bits per heavy atom. The Bertz CT molecular complexity index is 1360. The molecule has 2 heterocycles. The average Bonchev–Trinajstić information content (AvgIpc) is 3.21. The first-order chi connectivity index (χ1) is 14.4. The van der Waals surface area contributed by atoms with Crippen molar-refractivity contribution in [3.8, 4) is 5.69 Å². The van der Waals surface area contributed by atoms with Crippen molar-refractivity contribution in [1.82, 2.24) is 14.5 Å². The van der Waals surface area contributed by atoms with E-state index in [2.05, 4.69) is 5.32 Å². The lowest BCUT2D eigenvalue weighted by Crippen LogP contribution is -2.41. The summed E-state index contributed by atoms with van der Waals surface area (Å²) >= 11 is 7.22. The minimum Gasteiger partial charge on any atom is -0.350 e. The highest BCUT2D eigenvalue weighted by Crippen LogP contribution is 2.18. The molecule has 0 aliphatic heterocycles. The molecule has 0 aliphatic carbocycles. The van der Waals surface area contributed by atoms with Gasteiger partial charge in [0.1, 0.15) is 17.1 Å². The van der Waals surface area contributed by atoms with Gasteiger partial charge in [-0.15, -0.1) is 11.3 Å². The number of benzene rings is 2. The van der Waals surface area contributed by atoms with E-state index in [-0.39, 0.29) is 18.9 Å². The molecule has 2 aromatic carbocycles. The molecule has 9 heteroatoms. The molecule has 152 valence electrons. The first-order valence-corrected chi connectivity index (χ1v) is 10.2. The molecule has 0 unspecified atom stereocenters. The predicted molar refractivity (Wildman–Crippen MR) is 115 cm³/mol. The summed E-state index contributed by atoms with van der Waals surface area (Å²) < 4.78 is 15.6. The first-order valence-electron chi connectivity index (χ1n) is 8.94. The van der Waals surface area contributed by atoms with Gasteiger partial charge >= 0.3 is 5.69 Å². The Hall–Kier alpha value is -3.23. The standard InChI is InChI=1S/C21H15ClFN3O3S/c22-14-2-1-3-16(10-14)26-20(28)19-17(8-9-30-19)25(21(26)29)12-18(27)24-11-13-4-6-15(23)7-5-13/h1-10H,11-12H2,(H,24,27). The highest BCUT2D eigenvalue weighted by Gasteiger charge is 2.17. The van der Waals surface area contributed by atoms with Crippen LogP contribution in [0.4, 0.5) is 4.39 Å². The van der Waals surface area contributed by atoms with Gasteiger partial charge in [-0.1, -0.05) is 29.8 Å². The lowest BCUT2D eigenvalue weighted by Gasteiger charge is -2.12. The van der Waals surface area contributed by atoms with Crippen molar-refractivity contribution >= 4 is 39.1 Å². The fourth-order valence-electron chi connectivity index (χ4n) is 3.09. The Labute approximate surface area is 178 Å². The topological polar surface area (TPSA) is 73.1 Å². The van der Waals surface area contributed by atoms with Crippen LogP contribution in [0.5, 0.6) is 0 Å². The fraction of sp³-hybridized carbons (Fsp3) is 0.0952. The van der Waals surface area contributed by atoms with Gasteiger partial charge in [0.25, 0.3) is 5.56 Å². The number of aromatic nitrogens is 2. The van der Waals surface area contributed by atoms with Gasteiger partial charge in [-0.25, -0.2) is 13.8 Å². The molecule has 4 rings (SSSR count). The second-order valence-corrected chi connectivity index (χ2v) is 7.88. The number of amides is 1. The minimum atomic E-state index is -0.634. The van der Waals surface area contributed by atoms with Gasteiger partial charge in [0, 0.05) is 11.6 Å². The maximum absolute atomic E-state index is 13.1. The number of carbonyl (C=O) groups is 1. The second-order valence-electron chi connectivity index (χ2n) is 6.53. The van der Waals surface area contributed by atoms with Crippen LogP contribution in [0, 0.1) is 5.82 Å². The van der Waals surface area contributed by atoms with Gasteiger partial charge in [0.05, 0.1) is 11.2 Å². The van der Waals surface area contributed by atoms with E-state index in [1.165, 1.54) is 34.1 Å². The smallest absolute Gasteiger partial charge is 0.336 e. The number of hydrogen-bond donors (Lipinski definition) is 1. The summed E-state index contributed by atoms with van der Waals surface area (Å²) in [7, 11) is 0. The van der Waals surface area contributed by atoms with E-state index in [0.29, 0.717) is 20.9 Å². The number of carbonyl (C=O) groups excluding carboxylic acids is 1. The summed E-state index contributed by atoms with van der Waals surface area (Å²) in [6.07, 6.45) is 0. The third kappa shape index (κ3) is 3.92. The molecule has 0 aliphatic rings. The summed E-state index contributed by atoms with van der Waals surface area (Å²) in [5.41, 5.74) is 0.348. The van der Waals surface area contributed by atoms with Crippen molar-refractivity contribution in [1.29, 1.82) is 0 Å². The Morgan fingerprint density at radius 2 is 1.87 bits per heavy atom. The zero-order valence-electron chi connectivity index (χ0n) is 15.5. The number of thiophene rings is 1. The van der Waals surface area contributed by atoms with Crippen molar-refractivity contribution < 1.29 is 9.18 Å². The molecule has 0 fully saturated rings. The van der Waals surface area contributed by atoms with Crippen molar-refractivity contribution in [3.63, 3.8) is 0 Å². The maximum Gasteiger partial charge on any atom is 0.336 e. The number of nitrogens with one attached hydrogen (secondary N) is 1. The number of rotatable bonds is 5. The third-order valence-electron chi connectivity index (χ3n) is 4.53. The fourth-order valence-corrected chi connectivity index (χ4v) is 4.09. The molecule has 30 heavy (non-hydrogen) atoms. The monoisotopic (exact) mass is 443 g/mol. The number of hydrogen-bond acceptors (Lipinski definition) is 4.